The molecule has 0 aliphatic heterocycles. The standard InChI is InChI=1S/C13H18FN/c1-3-10-12(7-13(10)15)11-5-4-9(14)6-8(11)2/h4-6,10,12-13H,3,7,15H2,1-2H3. The van der Waals surface area contributed by atoms with Gasteiger partial charge in [0.25, 0.3) is 0 Å². The van der Waals surface area contributed by atoms with Crippen LogP contribution in [0.15, 0.2) is 18.2 Å². The molecule has 1 fully saturated rings. The summed E-state index contributed by atoms with van der Waals surface area (Å²) in [4.78, 5) is 0. The predicted molar refractivity (Wildman–Crippen MR) is 60.3 cm³/mol. The van der Waals surface area contributed by atoms with Gasteiger partial charge in [-0.2, -0.15) is 0 Å². The number of rotatable bonds is 2. The predicted octanol–water partition coefficient (Wildman–Crippen LogP) is 2.97. The first-order chi connectivity index (χ1) is 7.13. The smallest absolute Gasteiger partial charge is 0.123 e. The van der Waals surface area contributed by atoms with Gasteiger partial charge in [-0.05, 0) is 48.4 Å². The molecule has 0 amide bonds. The van der Waals surface area contributed by atoms with E-state index in [-0.39, 0.29) is 5.82 Å². The Morgan fingerprint density at radius 3 is 2.73 bits per heavy atom. The van der Waals surface area contributed by atoms with E-state index < -0.39 is 0 Å². The van der Waals surface area contributed by atoms with Gasteiger partial charge in [0.1, 0.15) is 5.82 Å². The van der Waals surface area contributed by atoms with Crippen molar-refractivity contribution in [3.05, 3.63) is 35.1 Å². The molecule has 3 unspecified atom stereocenters. The molecule has 3 atom stereocenters. The summed E-state index contributed by atoms with van der Waals surface area (Å²) in [5.41, 5.74) is 8.31. The molecule has 2 heteroatoms. The van der Waals surface area contributed by atoms with Crippen molar-refractivity contribution >= 4 is 0 Å². The zero-order valence-electron chi connectivity index (χ0n) is 9.33. The highest BCUT2D eigenvalue weighted by Gasteiger charge is 2.38. The molecule has 2 rings (SSSR count). The summed E-state index contributed by atoms with van der Waals surface area (Å²) >= 11 is 0. The SMILES string of the molecule is CCC1C(N)CC1c1ccc(F)cc1C. The molecule has 0 saturated heterocycles. The van der Waals surface area contributed by atoms with Crippen molar-refractivity contribution in [2.45, 2.75) is 38.6 Å². The number of hydrogen-bond donors (Lipinski definition) is 1. The molecule has 1 aromatic rings. The Hall–Kier alpha value is -0.890. The van der Waals surface area contributed by atoms with E-state index in [2.05, 4.69) is 6.92 Å². The van der Waals surface area contributed by atoms with Crippen LogP contribution in [0.5, 0.6) is 0 Å². The Kier molecular flexibility index (Phi) is 2.79. The van der Waals surface area contributed by atoms with Gasteiger partial charge in [0.15, 0.2) is 0 Å². The van der Waals surface area contributed by atoms with Crippen LogP contribution in [0.1, 0.15) is 36.8 Å². The van der Waals surface area contributed by atoms with Crippen LogP contribution in [0.25, 0.3) is 0 Å². The average Bonchev–Trinajstić information content (AvgIpc) is 2.16. The maximum absolute atomic E-state index is 13.0. The second-order valence-corrected chi connectivity index (χ2v) is 4.58. The Bertz CT molecular complexity index is 362. The Morgan fingerprint density at radius 2 is 2.20 bits per heavy atom. The highest BCUT2D eigenvalue weighted by molar-refractivity contribution is 5.33. The minimum Gasteiger partial charge on any atom is -0.327 e. The molecule has 2 N–H and O–H groups in total. The van der Waals surface area contributed by atoms with E-state index in [1.54, 1.807) is 12.1 Å². The van der Waals surface area contributed by atoms with E-state index in [4.69, 9.17) is 5.73 Å². The van der Waals surface area contributed by atoms with E-state index in [0.717, 1.165) is 18.4 Å². The summed E-state index contributed by atoms with van der Waals surface area (Å²) in [5, 5.41) is 0. The maximum Gasteiger partial charge on any atom is 0.123 e. The third-order valence-electron chi connectivity index (χ3n) is 3.70. The van der Waals surface area contributed by atoms with Gasteiger partial charge in [0.05, 0.1) is 0 Å². The molecule has 0 aromatic heterocycles. The van der Waals surface area contributed by atoms with Gasteiger partial charge in [0, 0.05) is 6.04 Å². The minimum absolute atomic E-state index is 0.145. The Balaban J connectivity index is 2.23. The molecule has 0 radical (unpaired) electrons. The molecule has 0 bridgehead atoms. The van der Waals surface area contributed by atoms with Crippen LogP contribution in [0.3, 0.4) is 0 Å². The summed E-state index contributed by atoms with van der Waals surface area (Å²) in [7, 11) is 0. The zero-order valence-corrected chi connectivity index (χ0v) is 9.33. The van der Waals surface area contributed by atoms with Gasteiger partial charge in [-0.3, -0.25) is 0 Å². The fraction of sp³-hybridized carbons (Fsp3) is 0.538. The van der Waals surface area contributed by atoms with Gasteiger partial charge in [-0.15, -0.1) is 0 Å². The van der Waals surface area contributed by atoms with E-state index in [1.807, 2.05) is 13.0 Å². The summed E-state index contributed by atoms with van der Waals surface area (Å²) in [6.45, 7) is 4.16. The molecule has 15 heavy (non-hydrogen) atoms. The summed E-state index contributed by atoms with van der Waals surface area (Å²) in [5.74, 6) is 0.979. The van der Waals surface area contributed by atoms with Crippen molar-refractivity contribution in [1.29, 1.82) is 0 Å². The lowest BCUT2D eigenvalue weighted by atomic mass is 9.64. The second kappa shape index (κ2) is 3.93. The largest absolute Gasteiger partial charge is 0.327 e. The minimum atomic E-state index is -0.145. The number of nitrogens with two attached hydrogens (primary N) is 1. The van der Waals surface area contributed by atoms with Crippen LogP contribution in [0, 0.1) is 18.7 Å². The van der Waals surface area contributed by atoms with Crippen molar-refractivity contribution in [2.75, 3.05) is 0 Å². The van der Waals surface area contributed by atoms with Crippen molar-refractivity contribution in [3.8, 4) is 0 Å². The molecule has 82 valence electrons. The number of aryl methyl sites for hydroxylation is 1. The molecule has 1 aromatic carbocycles. The fourth-order valence-corrected chi connectivity index (χ4v) is 2.75. The second-order valence-electron chi connectivity index (χ2n) is 4.58. The van der Waals surface area contributed by atoms with Crippen LogP contribution < -0.4 is 5.73 Å². The molecule has 1 saturated carbocycles. The lowest BCUT2D eigenvalue weighted by Crippen LogP contribution is -2.45. The van der Waals surface area contributed by atoms with Gasteiger partial charge >= 0.3 is 0 Å². The third kappa shape index (κ3) is 1.78. The lowest BCUT2D eigenvalue weighted by Gasteiger charge is -2.43. The lowest BCUT2D eigenvalue weighted by molar-refractivity contribution is 0.198. The van der Waals surface area contributed by atoms with Crippen LogP contribution in [-0.2, 0) is 0 Å². The van der Waals surface area contributed by atoms with Crippen LogP contribution in [0.4, 0.5) is 4.39 Å². The van der Waals surface area contributed by atoms with Crippen molar-refractivity contribution < 1.29 is 4.39 Å². The first-order valence-corrected chi connectivity index (χ1v) is 5.65. The topological polar surface area (TPSA) is 26.0 Å². The van der Waals surface area contributed by atoms with Gasteiger partial charge < -0.3 is 5.73 Å². The Labute approximate surface area is 90.5 Å². The average molecular weight is 207 g/mol. The van der Waals surface area contributed by atoms with Crippen LogP contribution >= 0.6 is 0 Å². The molecular formula is C13H18FN. The molecular weight excluding hydrogens is 189 g/mol. The van der Waals surface area contributed by atoms with Gasteiger partial charge in [0.2, 0.25) is 0 Å². The molecule has 1 aliphatic carbocycles. The molecule has 1 aliphatic rings. The summed E-state index contributed by atoms with van der Waals surface area (Å²) in [6.07, 6.45) is 2.16. The number of hydrogen-bond acceptors (Lipinski definition) is 1. The monoisotopic (exact) mass is 207 g/mol. The molecule has 0 heterocycles. The Morgan fingerprint density at radius 1 is 1.47 bits per heavy atom. The first-order valence-electron chi connectivity index (χ1n) is 5.65. The van der Waals surface area contributed by atoms with Crippen LogP contribution in [0.2, 0.25) is 0 Å². The van der Waals surface area contributed by atoms with Crippen molar-refractivity contribution in [1.82, 2.24) is 0 Å². The van der Waals surface area contributed by atoms with Crippen molar-refractivity contribution in [2.24, 2.45) is 11.7 Å². The van der Waals surface area contributed by atoms with E-state index in [9.17, 15) is 4.39 Å². The highest BCUT2D eigenvalue weighted by Crippen LogP contribution is 2.44. The van der Waals surface area contributed by atoms with E-state index in [0.29, 0.717) is 17.9 Å². The number of benzene rings is 1. The normalized spacial score (nSPS) is 30.0. The maximum atomic E-state index is 13.0. The number of halogens is 1. The third-order valence-corrected chi connectivity index (χ3v) is 3.70. The van der Waals surface area contributed by atoms with E-state index >= 15 is 0 Å². The van der Waals surface area contributed by atoms with E-state index in [1.165, 1.54) is 5.56 Å². The summed E-state index contributed by atoms with van der Waals surface area (Å²) in [6, 6.07) is 5.43. The van der Waals surface area contributed by atoms with Crippen molar-refractivity contribution in [3.63, 3.8) is 0 Å². The molecule has 1 nitrogen and oxygen atoms in total. The first kappa shape index (κ1) is 10.6. The molecule has 0 spiro atoms. The highest BCUT2D eigenvalue weighted by atomic mass is 19.1. The van der Waals surface area contributed by atoms with Gasteiger partial charge in [-0.1, -0.05) is 19.4 Å². The zero-order chi connectivity index (χ0) is 11.0. The quantitative estimate of drug-likeness (QED) is 0.792. The summed E-state index contributed by atoms with van der Waals surface area (Å²) < 4.78 is 13.0. The fourth-order valence-electron chi connectivity index (χ4n) is 2.75. The van der Waals surface area contributed by atoms with Crippen LogP contribution in [-0.4, -0.2) is 6.04 Å². The van der Waals surface area contributed by atoms with Gasteiger partial charge in [-0.25, -0.2) is 4.39 Å².